The van der Waals surface area contributed by atoms with Gasteiger partial charge in [-0.2, -0.15) is 0 Å². The molecule has 0 amide bonds. The van der Waals surface area contributed by atoms with Crippen LogP contribution in [0.4, 0.5) is 0 Å². The molecule has 0 aliphatic carbocycles. The summed E-state index contributed by atoms with van der Waals surface area (Å²) >= 11 is 0. The van der Waals surface area contributed by atoms with Gasteiger partial charge >= 0.3 is 0 Å². The van der Waals surface area contributed by atoms with E-state index in [0.29, 0.717) is 5.71 Å². The van der Waals surface area contributed by atoms with Crippen LogP contribution in [0.2, 0.25) is 0 Å². The van der Waals surface area contributed by atoms with Gasteiger partial charge in [0, 0.05) is 28.1 Å². The van der Waals surface area contributed by atoms with Crippen LogP contribution in [0.1, 0.15) is 22.9 Å². The summed E-state index contributed by atoms with van der Waals surface area (Å²) in [6.45, 7) is 0. The van der Waals surface area contributed by atoms with Crippen LogP contribution in [-0.2, 0) is 0 Å². The molecule has 7 aromatic carbocycles. The Bertz CT molecular complexity index is 2790. The van der Waals surface area contributed by atoms with E-state index < -0.39 is 6.17 Å². The average Bonchev–Trinajstić information content (AvgIpc) is 3.53. The summed E-state index contributed by atoms with van der Waals surface area (Å²) in [6, 6.07) is 49.0. The van der Waals surface area contributed by atoms with Crippen molar-refractivity contribution in [2.24, 2.45) is 9.98 Å². The molecule has 0 spiro atoms. The first kappa shape index (κ1) is 25.9. The van der Waals surface area contributed by atoms with E-state index in [1.807, 2.05) is 24.3 Å². The summed E-state index contributed by atoms with van der Waals surface area (Å²) in [6.07, 6.45) is 1.32. The fourth-order valence-electron chi connectivity index (χ4n) is 7.09. The van der Waals surface area contributed by atoms with E-state index in [1.165, 1.54) is 32.3 Å². The minimum Gasteiger partial charge on any atom is -0.438 e. The van der Waals surface area contributed by atoms with Crippen LogP contribution in [0.15, 0.2) is 160 Å². The van der Waals surface area contributed by atoms with Crippen LogP contribution in [0.25, 0.3) is 65.2 Å². The maximum atomic E-state index is 6.14. The molecule has 5 heteroatoms. The summed E-state index contributed by atoms with van der Waals surface area (Å²) in [5.41, 5.74) is 4.37. The van der Waals surface area contributed by atoms with E-state index in [9.17, 15) is 0 Å². The highest BCUT2D eigenvalue weighted by molar-refractivity contribution is 6.25. The molecule has 0 bridgehead atoms. The predicted octanol–water partition coefficient (Wildman–Crippen LogP) is 10.1. The van der Waals surface area contributed by atoms with Crippen molar-refractivity contribution in [2.45, 2.75) is 6.17 Å². The highest BCUT2D eigenvalue weighted by Crippen LogP contribution is 2.35. The number of fused-ring (bicyclic) bond motifs is 9. The summed E-state index contributed by atoms with van der Waals surface area (Å²) in [5, 5.41) is 15.3. The second-order valence-electron chi connectivity index (χ2n) is 12.1. The number of nitrogens with zero attached hydrogens (tertiary/aromatic N) is 3. The molecule has 5 nitrogen and oxygen atoms in total. The van der Waals surface area contributed by atoms with Crippen molar-refractivity contribution in [3.63, 3.8) is 0 Å². The molecule has 1 atom stereocenters. The first-order chi connectivity index (χ1) is 23.3. The zero-order chi connectivity index (χ0) is 30.9. The molecule has 2 aromatic heterocycles. The van der Waals surface area contributed by atoms with Gasteiger partial charge in [-0.1, -0.05) is 109 Å². The monoisotopic (exact) mass is 602 g/mol. The lowest BCUT2D eigenvalue weighted by atomic mass is 9.95. The molecule has 1 aliphatic rings. The van der Waals surface area contributed by atoms with Crippen molar-refractivity contribution in [1.29, 1.82) is 0 Å². The fourth-order valence-corrected chi connectivity index (χ4v) is 7.09. The fraction of sp³-hybridized carbons (Fsp3) is 0.0238. The second-order valence-corrected chi connectivity index (χ2v) is 12.1. The minimum absolute atomic E-state index is 0.436. The summed E-state index contributed by atoms with van der Waals surface area (Å²) in [5.74, 6) is 1.52. The zero-order valence-electron chi connectivity index (χ0n) is 25.2. The number of aromatic nitrogens is 1. The molecule has 1 unspecified atom stereocenters. The van der Waals surface area contributed by atoms with Gasteiger partial charge in [0.05, 0.1) is 0 Å². The van der Waals surface area contributed by atoms with E-state index >= 15 is 0 Å². The molecular formula is C42H26N4O. The summed E-state index contributed by atoms with van der Waals surface area (Å²) in [7, 11) is 0. The minimum atomic E-state index is -0.436. The molecule has 0 saturated carbocycles. The van der Waals surface area contributed by atoms with Crippen molar-refractivity contribution in [3.05, 3.63) is 162 Å². The maximum absolute atomic E-state index is 6.14. The van der Waals surface area contributed by atoms with Gasteiger partial charge in [0.15, 0.2) is 6.17 Å². The number of hydrogen-bond acceptors (Lipinski definition) is 5. The van der Waals surface area contributed by atoms with Crippen molar-refractivity contribution in [1.82, 2.24) is 10.3 Å². The van der Waals surface area contributed by atoms with Crippen LogP contribution in [0, 0.1) is 0 Å². The predicted molar refractivity (Wildman–Crippen MR) is 193 cm³/mol. The van der Waals surface area contributed by atoms with Gasteiger partial charge in [0.2, 0.25) is 5.71 Å². The Morgan fingerprint density at radius 2 is 1.26 bits per heavy atom. The molecule has 9 aromatic rings. The van der Waals surface area contributed by atoms with Crippen LogP contribution < -0.4 is 5.32 Å². The standard InChI is InChI=1S/C42H26N4O/c1-2-9-28-23-30(19-14-25(28)7-1)39-44-40(46-41(45-39)34-11-5-13-36-38(34)35-12-6-22-43-42(35)47-36)31-20-21-33-29(24-31)18-17-27-16-15-26-8-3-4-10-32(26)37(27)33/h1-24,39H,(H,44,45,46). The first-order valence-electron chi connectivity index (χ1n) is 15.8. The van der Waals surface area contributed by atoms with Gasteiger partial charge in [-0.05, 0) is 79.0 Å². The molecule has 1 N–H and O–H groups in total. The van der Waals surface area contributed by atoms with E-state index in [-0.39, 0.29) is 0 Å². The topological polar surface area (TPSA) is 62.8 Å². The summed E-state index contributed by atoms with van der Waals surface area (Å²) < 4.78 is 6.14. The molecule has 0 fully saturated rings. The zero-order valence-corrected chi connectivity index (χ0v) is 25.2. The lowest BCUT2D eigenvalue weighted by Crippen LogP contribution is -2.36. The SMILES string of the molecule is c1ccc2cc(C3N=C(c4ccc5c(ccc6ccc7ccccc7c65)c4)NC(c4cccc5oc6ncccc6c45)=N3)ccc2c1. The van der Waals surface area contributed by atoms with E-state index in [2.05, 4.69) is 126 Å². The molecular weight excluding hydrogens is 576 g/mol. The Morgan fingerprint density at radius 3 is 2.19 bits per heavy atom. The van der Waals surface area contributed by atoms with Gasteiger partial charge in [-0.3, -0.25) is 0 Å². The van der Waals surface area contributed by atoms with E-state index in [1.54, 1.807) is 6.20 Å². The number of pyridine rings is 1. The van der Waals surface area contributed by atoms with Crippen LogP contribution in [0.3, 0.4) is 0 Å². The third kappa shape index (κ3) is 4.14. The first-order valence-corrected chi connectivity index (χ1v) is 15.8. The Morgan fingerprint density at radius 1 is 0.511 bits per heavy atom. The molecule has 3 heterocycles. The van der Waals surface area contributed by atoms with Gasteiger partial charge < -0.3 is 9.73 Å². The Hall–Kier alpha value is -6.33. The third-order valence-corrected chi connectivity index (χ3v) is 9.34. The number of benzene rings is 7. The van der Waals surface area contributed by atoms with E-state index in [4.69, 9.17) is 14.4 Å². The summed E-state index contributed by atoms with van der Waals surface area (Å²) in [4.78, 5) is 14.9. The van der Waals surface area contributed by atoms with Crippen LogP contribution in [0.5, 0.6) is 0 Å². The van der Waals surface area contributed by atoms with Crippen molar-refractivity contribution >= 4 is 76.8 Å². The normalized spacial score (nSPS) is 15.0. The third-order valence-electron chi connectivity index (χ3n) is 9.34. The highest BCUT2D eigenvalue weighted by atomic mass is 16.3. The Kier molecular flexibility index (Phi) is 5.57. The molecule has 1 aliphatic heterocycles. The number of hydrogen-bond donors (Lipinski definition) is 1. The molecule has 220 valence electrons. The molecule has 0 saturated heterocycles. The van der Waals surface area contributed by atoms with Crippen LogP contribution >= 0.6 is 0 Å². The van der Waals surface area contributed by atoms with Crippen molar-refractivity contribution in [3.8, 4) is 0 Å². The number of amidine groups is 2. The quantitative estimate of drug-likeness (QED) is 0.205. The number of rotatable bonds is 3. The smallest absolute Gasteiger partial charge is 0.227 e. The maximum Gasteiger partial charge on any atom is 0.227 e. The van der Waals surface area contributed by atoms with Crippen LogP contribution in [-0.4, -0.2) is 16.7 Å². The lowest BCUT2D eigenvalue weighted by molar-refractivity contribution is 0.654. The van der Waals surface area contributed by atoms with Gasteiger partial charge in [-0.15, -0.1) is 0 Å². The second kappa shape index (κ2) is 10.1. The average molecular weight is 603 g/mol. The van der Waals surface area contributed by atoms with Crippen molar-refractivity contribution in [2.75, 3.05) is 0 Å². The number of aliphatic imine (C=N–C) groups is 2. The molecule has 47 heavy (non-hydrogen) atoms. The number of furan rings is 1. The van der Waals surface area contributed by atoms with Crippen molar-refractivity contribution < 1.29 is 4.42 Å². The molecule has 10 rings (SSSR count). The molecule has 0 radical (unpaired) electrons. The Labute approximate surface area is 269 Å². The van der Waals surface area contributed by atoms with E-state index in [0.717, 1.165) is 55.5 Å². The van der Waals surface area contributed by atoms with Gasteiger partial charge in [-0.25, -0.2) is 15.0 Å². The Balaban J connectivity index is 1.16. The largest absolute Gasteiger partial charge is 0.438 e. The van der Waals surface area contributed by atoms with Gasteiger partial charge in [0.1, 0.15) is 17.3 Å². The highest BCUT2D eigenvalue weighted by Gasteiger charge is 2.24. The number of nitrogens with one attached hydrogen (secondary N) is 1. The lowest BCUT2D eigenvalue weighted by Gasteiger charge is -2.23. The van der Waals surface area contributed by atoms with Gasteiger partial charge in [0.25, 0.3) is 0 Å².